The van der Waals surface area contributed by atoms with Crippen molar-refractivity contribution < 1.29 is 32.2 Å². The molecule has 27 heavy (non-hydrogen) atoms. The Bertz CT molecular complexity index is 817. The summed E-state index contributed by atoms with van der Waals surface area (Å²) in [6, 6.07) is 5.37. The molecule has 0 bridgehead atoms. The molecule has 2 aliphatic heterocycles. The highest BCUT2D eigenvalue weighted by atomic mass is 32.2. The van der Waals surface area contributed by atoms with Crippen LogP contribution in [-0.2, 0) is 30.9 Å². The lowest BCUT2D eigenvalue weighted by atomic mass is 9.98. The van der Waals surface area contributed by atoms with Gasteiger partial charge in [0.05, 0.1) is 12.2 Å². The lowest BCUT2D eigenvalue weighted by Crippen LogP contribution is -2.40. The molecular formula is C17H22N2O7S. The predicted octanol–water partition coefficient (Wildman–Crippen LogP) is 0.246. The van der Waals surface area contributed by atoms with Crippen LogP contribution in [0.4, 0.5) is 0 Å². The maximum Gasteiger partial charge on any atom is 0.309 e. The molecule has 1 aromatic carbocycles. The Morgan fingerprint density at radius 3 is 2.63 bits per heavy atom. The van der Waals surface area contributed by atoms with Gasteiger partial charge in [-0.2, -0.15) is 0 Å². The molecule has 9 nitrogen and oxygen atoms in total. The van der Waals surface area contributed by atoms with Gasteiger partial charge in [0.25, 0.3) is 5.91 Å². The third kappa shape index (κ3) is 5.10. The second-order valence-electron chi connectivity index (χ2n) is 6.51. The SMILES string of the molecule is CS(=O)(=O)N1CCC(C(=O)OCC(=O)NCc2ccc3c(c2)OCO3)CC1. The molecule has 2 aliphatic rings. The van der Waals surface area contributed by atoms with Crippen molar-refractivity contribution in [3.8, 4) is 11.5 Å². The molecule has 1 fully saturated rings. The van der Waals surface area contributed by atoms with E-state index in [-0.39, 0.29) is 39.0 Å². The third-order valence-corrected chi connectivity index (χ3v) is 5.83. The van der Waals surface area contributed by atoms with Crippen molar-refractivity contribution in [3.63, 3.8) is 0 Å². The molecule has 0 unspecified atom stereocenters. The van der Waals surface area contributed by atoms with Gasteiger partial charge in [0.15, 0.2) is 18.1 Å². The van der Waals surface area contributed by atoms with E-state index in [4.69, 9.17) is 14.2 Å². The van der Waals surface area contributed by atoms with Gasteiger partial charge < -0.3 is 19.5 Å². The summed E-state index contributed by atoms with van der Waals surface area (Å²) >= 11 is 0. The molecule has 1 saturated heterocycles. The summed E-state index contributed by atoms with van der Waals surface area (Å²) < 4.78 is 39.8. The normalized spacial score (nSPS) is 17.5. The number of benzene rings is 1. The standard InChI is InChI=1S/C17H22N2O7S/c1-27(22,23)19-6-4-13(5-7-19)17(21)24-10-16(20)18-9-12-2-3-14-15(8-12)26-11-25-14/h2-3,8,13H,4-7,9-11H2,1H3,(H,18,20). The number of nitrogens with zero attached hydrogens (tertiary/aromatic N) is 1. The van der Waals surface area contributed by atoms with Crippen LogP contribution in [0.15, 0.2) is 18.2 Å². The van der Waals surface area contributed by atoms with Crippen LogP contribution in [0.2, 0.25) is 0 Å². The van der Waals surface area contributed by atoms with Crippen molar-refractivity contribution in [2.45, 2.75) is 19.4 Å². The number of esters is 1. The van der Waals surface area contributed by atoms with Crippen LogP contribution in [0.3, 0.4) is 0 Å². The van der Waals surface area contributed by atoms with E-state index in [0.29, 0.717) is 24.3 Å². The van der Waals surface area contributed by atoms with E-state index in [9.17, 15) is 18.0 Å². The zero-order valence-corrected chi connectivity index (χ0v) is 15.8. The van der Waals surface area contributed by atoms with E-state index in [0.717, 1.165) is 11.8 Å². The first-order valence-corrected chi connectivity index (χ1v) is 10.4. The van der Waals surface area contributed by atoms with Crippen LogP contribution < -0.4 is 14.8 Å². The van der Waals surface area contributed by atoms with Gasteiger partial charge in [-0.25, -0.2) is 12.7 Å². The fourth-order valence-corrected chi connectivity index (χ4v) is 3.85. The van der Waals surface area contributed by atoms with Gasteiger partial charge in [-0.05, 0) is 30.5 Å². The molecule has 1 aromatic rings. The Morgan fingerprint density at radius 2 is 1.93 bits per heavy atom. The van der Waals surface area contributed by atoms with Crippen LogP contribution in [0, 0.1) is 5.92 Å². The molecule has 1 amide bonds. The fraction of sp³-hybridized carbons (Fsp3) is 0.529. The third-order valence-electron chi connectivity index (χ3n) is 4.53. The number of amides is 1. The van der Waals surface area contributed by atoms with E-state index >= 15 is 0 Å². The maximum atomic E-state index is 12.1. The largest absolute Gasteiger partial charge is 0.455 e. The van der Waals surface area contributed by atoms with E-state index in [1.54, 1.807) is 12.1 Å². The van der Waals surface area contributed by atoms with Crippen LogP contribution in [-0.4, -0.2) is 57.3 Å². The Kier molecular flexibility index (Phi) is 5.85. The van der Waals surface area contributed by atoms with E-state index in [1.165, 1.54) is 4.31 Å². The lowest BCUT2D eigenvalue weighted by Gasteiger charge is -2.28. The molecule has 0 saturated carbocycles. The van der Waals surface area contributed by atoms with Crippen molar-refractivity contribution in [1.29, 1.82) is 0 Å². The zero-order valence-electron chi connectivity index (χ0n) is 15.0. The monoisotopic (exact) mass is 398 g/mol. The summed E-state index contributed by atoms with van der Waals surface area (Å²) in [4.78, 5) is 23.9. The minimum absolute atomic E-state index is 0.185. The second kappa shape index (κ2) is 8.13. The first-order chi connectivity index (χ1) is 12.8. The van der Waals surface area contributed by atoms with Crippen LogP contribution in [0.25, 0.3) is 0 Å². The van der Waals surface area contributed by atoms with Gasteiger partial charge in [0, 0.05) is 19.6 Å². The summed E-state index contributed by atoms with van der Waals surface area (Å²) in [6.07, 6.45) is 1.94. The maximum absolute atomic E-state index is 12.1. The summed E-state index contributed by atoms with van der Waals surface area (Å²) in [5.41, 5.74) is 0.840. The number of hydrogen-bond donors (Lipinski definition) is 1. The van der Waals surface area contributed by atoms with Crippen molar-refractivity contribution in [3.05, 3.63) is 23.8 Å². The number of nitrogens with one attached hydrogen (secondary N) is 1. The molecule has 0 aliphatic carbocycles. The Hall–Kier alpha value is -2.33. The second-order valence-corrected chi connectivity index (χ2v) is 8.49. The molecule has 0 atom stereocenters. The number of rotatable bonds is 6. The number of piperidine rings is 1. The number of sulfonamides is 1. The molecule has 148 valence electrons. The first-order valence-electron chi connectivity index (χ1n) is 8.60. The van der Waals surface area contributed by atoms with Gasteiger partial charge in [0.2, 0.25) is 16.8 Å². The topological polar surface area (TPSA) is 111 Å². The fourth-order valence-electron chi connectivity index (χ4n) is 2.98. The molecule has 0 aromatic heterocycles. The summed E-state index contributed by atoms with van der Waals surface area (Å²) in [5.74, 6) is 0.0372. The van der Waals surface area contributed by atoms with Gasteiger partial charge in [-0.15, -0.1) is 0 Å². The van der Waals surface area contributed by atoms with Crippen molar-refractivity contribution in [1.82, 2.24) is 9.62 Å². The highest BCUT2D eigenvalue weighted by molar-refractivity contribution is 7.88. The minimum atomic E-state index is -3.24. The zero-order chi connectivity index (χ0) is 19.4. The van der Waals surface area contributed by atoms with Gasteiger partial charge in [0.1, 0.15) is 0 Å². The lowest BCUT2D eigenvalue weighted by molar-refractivity contribution is -0.153. The number of ether oxygens (including phenoxy) is 3. The van der Waals surface area contributed by atoms with E-state index in [2.05, 4.69) is 5.32 Å². The average Bonchev–Trinajstić information content (AvgIpc) is 3.11. The Labute approximate surface area is 157 Å². The van der Waals surface area contributed by atoms with Crippen LogP contribution in [0.1, 0.15) is 18.4 Å². The Morgan fingerprint density at radius 1 is 1.22 bits per heavy atom. The number of carbonyl (C=O) groups excluding carboxylic acids is 2. The molecule has 0 radical (unpaired) electrons. The van der Waals surface area contributed by atoms with E-state index in [1.807, 2.05) is 6.07 Å². The average molecular weight is 398 g/mol. The Balaban J connectivity index is 1.38. The van der Waals surface area contributed by atoms with Gasteiger partial charge in [-0.1, -0.05) is 6.07 Å². The molecule has 1 N–H and O–H groups in total. The van der Waals surface area contributed by atoms with Gasteiger partial charge >= 0.3 is 5.97 Å². The summed E-state index contributed by atoms with van der Waals surface area (Å²) in [7, 11) is -3.24. The van der Waals surface area contributed by atoms with Crippen LogP contribution in [0.5, 0.6) is 11.5 Å². The van der Waals surface area contributed by atoms with Crippen LogP contribution >= 0.6 is 0 Å². The minimum Gasteiger partial charge on any atom is -0.455 e. The highest BCUT2D eigenvalue weighted by Gasteiger charge is 2.30. The number of carbonyl (C=O) groups is 2. The predicted molar refractivity (Wildman–Crippen MR) is 94.5 cm³/mol. The number of hydrogen-bond acceptors (Lipinski definition) is 7. The summed E-state index contributed by atoms with van der Waals surface area (Å²) in [5, 5.41) is 2.68. The molecule has 0 spiro atoms. The van der Waals surface area contributed by atoms with Crippen molar-refractivity contribution in [2.24, 2.45) is 5.92 Å². The summed E-state index contributed by atoms with van der Waals surface area (Å²) in [6.45, 7) is 0.670. The molecule has 10 heteroatoms. The van der Waals surface area contributed by atoms with Gasteiger partial charge in [-0.3, -0.25) is 9.59 Å². The highest BCUT2D eigenvalue weighted by Crippen LogP contribution is 2.32. The van der Waals surface area contributed by atoms with E-state index < -0.39 is 21.9 Å². The quantitative estimate of drug-likeness (QED) is 0.684. The molecular weight excluding hydrogens is 376 g/mol. The van der Waals surface area contributed by atoms with Crippen molar-refractivity contribution >= 4 is 21.9 Å². The smallest absolute Gasteiger partial charge is 0.309 e. The molecule has 2 heterocycles. The first kappa shape index (κ1) is 19.4. The number of fused-ring (bicyclic) bond motifs is 1. The molecule has 3 rings (SSSR count). The van der Waals surface area contributed by atoms with Crippen molar-refractivity contribution in [2.75, 3.05) is 32.7 Å².